The van der Waals surface area contributed by atoms with Gasteiger partial charge in [0.1, 0.15) is 0 Å². The second-order valence-corrected chi connectivity index (χ2v) is 8.26. The zero-order valence-electron chi connectivity index (χ0n) is 14.4. The van der Waals surface area contributed by atoms with Gasteiger partial charge in [-0.15, -0.1) is 0 Å². The Hall–Kier alpha value is -3.24. The maximum atomic E-state index is 12.7. The molecule has 0 fully saturated rings. The number of aromatic nitrogens is 2. The van der Waals surface area contributed by atoms with E-state index in [1.165, 1.54) is 10.7 Å². The summed E-state index contributed by atoms with van der Waals surface area (Å²) in [6, 6.07) is 9.42. The molecule has 0 saturated heterocycles. The molecule has 144 valence electrons. The molecule has 9 nitrogen and oxygen atoms in total. The molecular weight excluding hydrogens is 408 g/mol. The zero-order chi connectivity index (χ0) is 20.5. The van der Waals surface area contributed by atoms with E-state index in [0.29, 0.717) is 16.4 Å². The molecule has 28 heavy (non-hydrogen) atoms. The highest BCUT2D eigenvalue weighted by Gasteiger charge is 2.20. The van der Waals surface area contributed by atoms with E-state index in [1.807, 2.05) is 0 Å². The van der Waals surface area contributed by atoms with Gasteiger partial charge in [0.2, 0.25) is 0 Å². The molecule has 0 aliphatic rings. The van der Waals surface area contributed by atoms with Crippen LogP contribution < -0.4 is 5.32 Å². The summed E-state index contributed by atoms with van der Waals surface area (Å²) in [6.07, 6.45) is 4.12. The van der Waals surface area contributed by atoms with Gasteiger partial charge in [0.25, 0.3) is 11.6 Å². The first-order chi connectivity index (χ1) is 13.1. The van der Waals surface area contributed by atoms with Crippen molar-refractivity contribution in [1.82, 2.24) is 9.78 Å². The quantitative estimate of drug-likeness (QED) is 0.499. The van der Waals surface area contributed by atoms with Crippen molar-refractivity contribution < 1.29 is 18.1 Å². The molecule has 1 amide bonds. The molecule has 11 heteroatoms. The molecule has 3 rings (SSSR count). The van der Waals surface area contributed by atoms with Crippen LogP contribution in [-0.4, -0.2) is 35.3 Å². The number of nitro groups is 1. The lowest BCUT2D eigenvalue weighted by molar-refractivity contribution is -0.385. The normalized spacial score (nSPS) is 11.2. The van der Waals surface area contributed by atoms with Crippen LogP contribution in [0.5, 0.6) is 0 Å². The minimum Gasteiger partial charge on any atom is -0.320 e. The number of nitrogens with zero attached hydrogens (tertiary/aromatic N) is 3. The monoisotopic (exact) mass is 420 g/mol. The highest BCUT2D eigenvalue weighted by atomic mass is 35.5. The number of anilines is 1. The first kappa shape index (κ1) is 19.5. The fourth-order valence-electron chi connectivity index (χ4n) is 2.45. The van der Waals surface area contributed by atoms with Crippen LogP contribution >= 0.6 is 11.6 Å². The number of carbonyl (C=O) groups is 1. The minimum absolute atomic E-state index is 0.180. The molecule has 0 saturated carbocycles. The maximum absolute atomic E-state index is 12.7. The molecule has 1 N–H and O–H groups in total. The van der Waals surface area contributed by atoms with Gasteiger partial charge in [-0.1, -0.05) is 11.6 Å². The molecule has 0 radical (unpaired) electrons. The highest BCUT2D eigenvalue weighted by Crippen LogP contribution is 2.26. The summed E-state index contributed by atoms with van der Waals surface area (Å²) in [6.45, 7) is 0. The van der Waals surface area contributed by atoms with Gasteiger partial charge in [0.15, 0.2) is 9.84 Å². The fraction of sp³-hybridized carbons (Fsp3) is 0.0588. The van der Waals surface area contributed by atoms with Crippen LogP contribution in [0.3, 0.4) is 0 Å². The van der Waals surface area contributed by atoms with Crippen LogP contribution in [-0.2, 0) is 9.84 Å². The van der Waals surface area contributed by atoms with E-state index in [9.17, 15) is 23.3 Å². The van der Waals surface area contributed by atoms with Gasteiger partial charge in [-0.3, -0.25) is 14.9 Å². The van der Waals surface area contributed by atoms with Crippen molar-refractivity contribution in [3.8, 4) is 5.69 Å². The number of sulfone groups is 1. The third kappa shape index (κ3) is 4.18. The van der Waals surface area contributed by atoms with E-state index in [1.54, 1.807) is 30.6 Å². The van der Waals surface area contributed by atoms with Crippen molar-refractivity contribution in [3.05, 3.63) is 75.6 Å². The predicted molar refractivity (Wildman–Crippen MR) is 103 cm³/mol. The smallest absolute Gasteiger partial charge is 0.271 e. The van der Waals surface area contributed by atoms with E-state index >= 15 is 0 Å². The molecule has 0 unspecified atom stereocenters. The molecule has 0 spiro atoms. The molecule has 1 heterocycles. The van der Waals surface area contributed by atoms with Gasteiger partial charge in [-0.2, -0.15) is 5.10 Å². The lowest BCUT2D eigenvalue weighted by Crippen LogP contribution is -2.15. The number of benzene rings is 2. The highest BCUT2D eigenvalue weighted by molar-refractivity contribution is 7.90. The molecule has 3 aromatic rings. The molecule has 0 atom stereocenters. The second kappa shape index (κ2) is 7.41. The molecule has 0 aliphatic heterocycles. The van der Waals surface area contributed by atoms with Gasteiger partial charge in [0, 0.05) is 41.4 Å². The number of halogens is 1. The summed E-state index contributed by atoms with van der Waals surface area (Å²) < 4.78 is 25.1. The number of amides is 1. The Bertz CT molecular complexity index is 1180. The van der Waals surface area contributed by atoms with Crippen molar-refractivity contribution in [2.75, 3.05) is 11.6 Å². The number of nitro benzene ring substituents is 1. The zero-order valence-corrected chi connectivity index (χ0v) is 15.9. The Morgan fingerprint density at radius 2 is 2.00 bits per heavy atom. The lowest BCUT2D eigenvalue weighted by Gasteiger charge is -2.12. The van der Waals surface area contributed by atoms with Gasteiger partial charge >= 0.3 is 0 Å². The minimum atomic E-state index is -3.76. The second-order valence-electron chi connectivity index (χ2n) is 5.81. The average Bonchev–Trinajstić information content (AvgIpc) is 3.15. The van der Waals surface area contributed by atoms with Crippen LogP contribution in [0.2, 0.25) is 5.02 Å². The number of hydrogen-bond donors (Lipinski definition) is 1. The van der Waals surface area contributed by atoms with Crippen molar-refractivity contribution in [2.45, 2.75) is 4.90 Å². The van der Waals surface area contributed by atoms with E-state index in [4.69, 9.17) is 11.6 Å². The largest absolute Gasteiger partial charge is 0.320 e. The van der Waals surface area contributed by atoms with Crippen LogP contribution in [0.4, 0.5) is 11.4 Å². The summed E-state index contributed by atoms with van der Waals surface area (Å²) in [4.78, 5) is 22.7. The van der Waals surface area contributed by atoms with Gasteiger partial charge < -0.3 is 5.32 Å². The Kier molecular flexibility index (Phi) is 5.16. The van der Waals surface area contributed by atoms with E-state index < -0.39 is 26.4 Å². The lowest BCUT2D eigenvalue weighted by atomic mass is 10.1. The Balaban J connectivity index is 2.04. The van der Waals surface area contributed by atoms with Crippen LogP contribution in [0.15, 0.2) is 59.8 Å². The van der Waals surface area contributed by atoms with Crippen molar-refractivity contribution in [3.63, 3.8) is 0 Å². The molecular formula is C17H13ClN4O5S. The summed E-state index contributed by atoms with van der Waals surface area (Å²) >= 11 is 6.01. The Morgan fingerprint density at radius 3 is 2.61 bits per heavy atom. The SMILES string of the molecule is CS(=O)(=O)c1cc(C(=O)Nc2cc(Cl)ccc2-n2cccn2)cc([N+](=O)[O-])c1. The standard InChI is InChI=1S/C17H13ClN4O5S/c1-28(26,27)14-8-11(7-13(10-14)22(24)25)17(23)20-15-9-12(18)3-4-16(15)21-6-2-5-19-21/h2-10H,1H3,(H,20,23). The number of rotatable bonds is 5. The first-order valence-electron chi connectivity index (χ1n) is 7.75. The van der Waals surface area contributed by atoms with Crippen molar-refractivity contribution >= 4 is 38.7 Å². The maximum Gasteiger partial charge on any atom is 0.271 e. The molecule has 0 aliphatic carbocycles. The fourth-order valence-corrected chi connectivity index (χ4v) is 3.30. The van der Waals surface area contributed by atoms with Gasteiger partial charge in [-0.05, 0) is 30.3 Å². The van der Waals surface area contributed by atoms with Crippen LogP contribution in [0.1, 0.15) is 10.4 Å². The number of hydrogen-bond acceptors (Lipinski definition) is 6. The predicted octanol–water partition coefficient (Wildman–Crippen LogP) is 3.09. The summed E-state index contributed by atoms with van der Waals surface area (Å²) in [7, 11) is -3.76. The summed E-state index contributed by atoms with van der Waals surface area (Å²) in [5.41, 5.74) is 0.123. The molecule has 2 aromatic carbocycles. The topological polar surface area (TPSA) is 124 Å². The summed E-state index contributed by atoms with van der Waals surface area (Å²) in [5, 5.41) is 18.2. The Morgan fingerprint density at radius 1 is 1.25 bits per heavy atom. The number of non-ortho nitro benzene ring substituents is 1. The van der Waals surface area contributed by atoms with Crippen molar-refractivity contribution in [2.24, 2.45) is 0 Å². The number of nitrogens with one attached hydrogen (secondary N) is 1. The third-order valence-corrected chi connectivity index (χ3v) is 5.08. The number of carbonyl (C=O) groups excluding carboxylic acids is 1. The molecule has 1 aromatic heterocycles. The van der Waals surface area contributed by atoms with Crippen LogP contribution in [0, 0.1) is 10.1 Å². The average molecular weight is 421 g/mol. The third-order valence-electron chi connectivity index (χ3n) is 3.75. The van der Waals surface area contributed by atoms with E-state index in [2.05, 4.69) is 10.4 Å². The molecule has 0 bridgehead atoms. The van der Waals surface area contributed by atoms with E-state index in [-0.39, 0.29) is 10.5 Å². The van der Waals surface area contributed by atoms with Gasteiger partial charge in [-0.25, -0.2) is 13.1 Å². The Labute approximate surface area is 164 Å². The van der Waals surface area contributed by atoms with Crippen LogP contribution in [0.25, 0.3) is 5.69 Å². The van der Waals surface area contributed by atoms with Gasteiger partial charge in [0.05, 0.1) is 21.2 Å². The van der Waals surface area contributed by atoms with E-state index in [0.717, 1.165) is 24.5 Å². The van der Waals surface area contributed by atoms with Crippen molar-refractivity contribution in [1.29, 1.82) is 0 Å². The first-order valence-corrected chi connectivity index (χ1v) is 10.0. The summed E-state index contributed by atoms with van der Waals surface area (Å²) in [5.74, 6) is -0.732.